The van der Waals surface area contributed by atoms with Crippen molar-refractivity contribution in [2.45, 2.75) is 38.6 Å². The minimum atomic E-state index is -0.874. The van der Waals surface area contributed by atoms with Crippen molar-refractivity contribution in [2.24, 2.45) is 17.8 Å². The molecule has 1 aromatic carbocycles. The molecule has 1 aromatic rings. The van der Waals surface area contributed by atoms with Crippen LogP contribution in [0.25, 0.3) is 0 Å². The van der Waals surface area contributed by atoms with Crippen molar-refractivity contribution >= 4 is 11.9 Å². The molecule has 0 heterocycles. The molecule has 0 aromatic heterocycles. The van der Waals surface area contributed by atoms with Crippen molar-refractivity contribution < 1.29 is 14.7 Å². The molecule has 2 aliphatic carbocycles. The number of nitrogens with one attached hydrogen (secondary N) is 1. The van der Waals surface area contributed by atoms with Gasteiger partial charge in [-0.3, -0.25) is 9.59 Å². The van der Waals surface area contributed by atoms with Gasteiger partial charge in [0.1, 0.15) is 0 Å². The van der Waals surface area contributed by atoms with Gasteiger partial charge in [0.05, 0.1) is 5.92 Å². The monoisotopic (exact) mass is 287 g/mol. The minimum absolute atomic E-state index is 0.0160. The van der Waals surface area contributed by atoms with E-state index in [1.807, 2.05) is 12.1 Å². The lowest BCUT2D eigenvalue weighted by atomic mass is 9.92. The zero-order chi connectivity index (χ0) is 15.1. The summed E-state index contributed by atoms with van der Waals surface area (Å²) < 4.78 is 0. The van der Waals surface area contributed by atoms with Gasteiger partial charge in [0.25, 0.3) is 0 Å². The van der Waals surface area contributed by atoms with E-state index in [9.17, 15) is 9.59 Å². The summed E-state index contributed by atoms with van der Waals surface area (Å²) >= 11 is 0. The number of rotatable bonds is 4. The Hall–Kier alpha value is -1.84. The van der Waals surface area contributed by atoms with Gasteiger partial charge in [-0.1, -0.05) is 24.3 Å². The molecule has 3 rings (SSSR count). The molecule has 0 aliphatic heterocycles. The molecule has 112 valence electrons. The molecule has 4 heteroatoms. The first kappa shape index (κ1) is 14.1. The fourth-order valence-corrected chi connectivity index (χ4v) is 3.58. The second-order valence-electron chi connectivity index (χ2n) is 6.38. The maximum absolute atomic E-state index is 12.4. The Labute approximate surface area is 124 Å². The Morgan fingerprint density at radius 3 is 2.71 bits per heavy atom. The van der Waals surface area contributed by atoms with Crippen LogP contribution in [-0.2, 0) is 16.0 Å². The highest BCUT2D eigenvalue weighted by Crippen LogP contribution is 2.59. The third kappa shape index (κ3) is 2.43. The summed E-state index contributed by atoms with van der Waals surface area (Å²) in [5.74, 6) is -0.628. The second-order valence-corrected chi connectivity index (χ2v) is 6.38. The summed E-state index contributed by atoms with van der Waals surface area (Å²) in [6.07, 6.45) is 2.10. The van der Waals surface area contributed by atoms with Crippen LogP contribution in [0.1, 0.15) is 37.3 Å². The Balaban J connectivity index is 1.68. The number of carboxylic acid groups (broad SMARTS) is 1. The normalized spacial score (nSPS) is 28.8. The van der Waals surface area contributed by atoms with Crippen molar-refractivity contribution in [1.29, 1.82) is 0 Å². The van der Waals surface area contributed by atoms with E-state index >= 15 is 0 Å². The highest BCUT2D eigenvalue weighted by Gasteiger charge is 2.57. The van der Waals surface area contributed by atoms with Crippen molar-refractivity contribution in [1.82, 2.24) is 5.32 Å². The lowest BCUT2D eigenvalue weighted by Gasteiger charge is -2.17. The third-order valence-corrected chi connectivity index (χ3v) is 5.14. The average Bonchev–Trinajstić information content (AvgIpc) is 3.21. The predicted molar refractivity (Wildman–Crippen MR) is 78.9 cm³/mol. The molecular weight excluding hydrogens is 266 g/mol. The van der Waals surface area contributed by atoms with E-state index in [2.05, 4.69) is 17.4 Å². The summed E-state index contributed by atoms with van der Waals surface area (Å²) in [4.78, 5) is 23.4. The Morgan fingerprint density at radius 1 is 1.29 bits per heavy atom. The van der Waals surface area contributed by atoms with Gasteiger partial charge < -0.3 is 10.4 Å². The van der Waals surface area contributed by atoms with E-state index in [4.69, 9.17) is 5.11 Å². The van der Waals surface area contributed by atoms with Gasteiger partial charge in [0.15, 0.2) is 0 Å². The molecule has 5 atom stereocenters. The van der Waals surface area contributed by atoms with Gasteiger partial charge in [0, 0.05) is 12.0 Å². The standard InChI is InChI=1S/C17H21NO3/c1-9(17(20)21)10(2)18-16(19)15-13-8-7-11-5-3-4-6-12(11)14(13)15/h3-6,9-10,13-15H,7-8H2,1-2H3,(H,18,19)(H,20,21). The second kappa shape index (κ2) is 5.17. The number of hydrogen-bond acceptors (Lipinski definition) is 2. The van der Waals surface area contributed by atoms with Crippen LogP contribution >= 0.6 is 0 Å². The maximum atomic E-state index is 12.4. The zero-order valence-electron chi connectivity index (χ0n) is 12.4. The fourth-order valence-electron chi connectivity index (χ4n) is 3.58. The van der Waals surface area contributed by atoms with Crippen molar-refractivity contribution in [3.63, 3.8) is 0 Å². The third-order valence-electron chi connectivity index (χ3n) is 5.14. The van der Waals surface area contributed by atoms with E-state index < -0.39 is 11.9 Å². The first-order valence-corrected chi connectivity index (χ1v) is 7.61. The van der Waals surface area contributed by atoms with Gasteiger partial charge >= 0.3 is 5.97 Å². The first-order chi connectivity index (χ1) is 10.0. The number of hydrogen-bond donors (Lipinski definition) is 2. The molecule has 0 spiro atoms. The van der Waals surface area contributed by atoms with Gasteiger partial charge in [-0.05, 0) is 49.7 Å². The lowest BCUT2D eigenvalue weighted by Crippen LogP contribution is -2.41. The average molecular weight is 287 g/mol. The molecule has 1 fully saturated rings. The molecule has 1 saturated carbocycles. The van der Waals surface area contributed by atoms with Crippen molar-refractivity contribution in [3.05, 3.63) is 35.4 Å². The molecule has 21 heavy (non-hydrogen) atoms. The van der Waals surface area contributed by atoms with E-state index in [1.54, 1.807) is 13.8 Å². The number of carbonyl (C=O) groups excluding carboxylic acids is 1. The number of aryl methyl sites for hydroxylation is 1. The molecule has 0 saturated heterocycles. The number of amides is 1. The van der Waals surface area contributed by atoms with E-state index in [0.717, 1.165) is 12.8 Å². The molecule has 2 N–H and O–H groups in total. The van der Waals surface area contributed by atoms with Crippen LogP contribution < -0.4 is 5.32 Å². The largest absolute Gasteiger partial charge is 0.481 e. The number of carboxylic acids is 1. The van der Waals surface area contributed by atoms with E-state index in [1.165, 1.54) is 11.1 Å². The summed E-state index contributed by atoms with van der Waals surface area (Å²) in [5.41, 5.74) is 2.67. The Morgan fingerprint density at radius 2 is 2.00 bits per heavy atom. The van der Waals surface area contributed by atoms with Gasteiger partial charge in [-0.15, -0.1) is 0 Å². The fraction of sp³-hybridized carbons (Fsp3) is 0.529. The maximum Gasteiger partial charge on any atom is 0.308 e. The van der Waals surface area contributed by atoms with Gasteiger partial charge in [-0.25, -0.2) is 0 Å². The van der Waals surface area contributed by atoms with Crippen LogP contribution in [0.2, 0.25) is 0 Å². The highest BCUT2D eigenvalue weighted by atomic mass is 16.4. The first-order valence-electron chi connectivity index (χ1n) is 7.61. The lowest BCUT2D eigenvalue weighted by molar-refractivity contribution is -0.142. The molecule has 1 amide bonds. The number of aliphatic carboxylic acids is 1. The number of benzene rings is 1. The minimum Gasteiger partial charge on any atom is -0.481 e. The predicted octanol–water partition coefficient (Wildman–Crippen LogP) is 2.19. The van der Waals surface area contributed by atoms with Crippen LogP contribution in [0.3, 0.4) is 0 Å². The number of carbonyl (C=O) groups is 2. The smallest absolute Gasteiger partial charge is 0.308 e. The molecule has 5 unspecified atom stereocenters. The Bertz CT molecular complexity index is 583. The van der Waals surface area contributed by atoms with Crippen molar-refractivity contribution in [2.75, 3.05) is 0 Å². The molecular formula is C17H21NO3. The summed E-state index contributed by atoms with van der Waals surface area (Å²) in [6.45, 7) is 3.39. The van der Waals surface area contributed by atoms with E-state index in [-0.39, 0.29) is 17.9 Å². The molecule has 4 nitrogen and oxygen atoms in total. The van der Waals surface area contributed by atoms with Crippen LogP contribution in [0.5, 0.6) is 0 Å². The van der Waals surface area contributed by atoms with Crippen molar-refractivity contribution in [3.8, 4) is 0 Å². The zero-order valence-corrected chi connectivity index (χ0v) is 12.4. The quantitative estimate of drug-likeness (QED) is 0.892. The SMILES string of the molecule is CC(NC(=O)C1C2CCc3ccccc3C21)C(C)C(=O)O. The molecule has 0 radical (unpaired) electrons. The van der Waals surface area contributed by atoms with E-state index in [0.29, 0.717) is 11.8 Å². The molecule has 0 bridgehead atoms. The number of fused-ring (bicyclic) bond motifs is 3. The van der Waals surface area contributed by atoms with Gasteiger partial charge in [0.2, 0.25) is 5.91 Å². The summed E-state index contributed by atoms with van der Waals surface area (Å²) in [7, 11) is 0. The van der Waals surface area contributed by atoms with Crippen LogP contribution in [0.4, 0.5) is 0 Å². The topological polar surface area (TPSA) is 66.4 Å². The Kier molecular flexibility index (Phi) is 3.47. The summed E-state index contributed by atoms with van der Waals surface area (Å²) in [6, 6.07) is 8.01. The van der Waals surface area contributed by atoms with Crippen LogP contribution in [-0.4, -0.2) is 23.0 Å². The molecule has 2 aliphatic rings. The van der Waals surface area contributed by atoms with Crippen LogP contribution in [0.15, 0.2) is 24.3 Å². The van der Waals surface area contributed by atoms with Crippen LogP contribution in [0, 0.1) is 17.8 Å². The van der Waals surface area contributed by atoms with Gasteiger partial charge in [-0.2, -0.15) is 0 Å². The summed E-state index contributed by atoms with van der Waals surface area (Å²) in [5, 5.41) is 11.9. The highest BCUT2D eigenvalue weighted by molar-refractivity contribution is 5.85.